The van der Waals surface area contributed by atoms with Crippen LogP contribution < -0.4 is 0 Å². The summed E-state index contributed by atoms with van der Waals surface area (Å²) >= 11 is 7.77. The fraction of sp³-hybridized carbons (Fsp3) is 0.143. The van der Waals surface area contributed by atoms with Gasteiger partial charge in [0.15, 0.2) is 0 Å². The van der Waals surface area contributed by atoms with Gasteiger partial charge in [-0.2, -0.15) is 4.39 Å². The molecule has 0 saturated carbocycles. The number of halogens is 5. The van der Waals surface area contributed by atoms with E-state index >= 15 is 0 Å². The molecule has 0 radical (unpaired) electrons. The maximum Gasteiger partial charge on any atom is 0.269 e. The van der Waals surface area contributed by atoms with Crippen molar-refractivity contribution in [1.29, 1.82) is 0 Å². The van der Waals surface area contributed by atoms with Gasteiger partial charge in [-0.25, -0.2) is 13.8 Å². The summed E-state index contributed by atoms with van der Waals surface area (Å²) in [6.07, 6.45) is -3.13. The number of alkyl halides is 2. The number of hydrogen-bond acceptors (Lipinski definition) is 2. The van der Waals surface area contributed by atoms with Crippen molar-refractivity contribution in [2.45, 2.75) is 6.43 Å². The lowest BCUT2D eigenvalue weighted by Gasteiger charge is -2.05. The quantitative estimate of drug-likeness (QED) is 0.617. The lowest BCUT2D eigenvalue weighted by atomic mass is 10.1. The normalized spacial score (nSPS) is 10.7. The number of carbonyl (C=O) groups is 1. The number of rotatable bonds is 2. The highest BCUT2D eigenvalue weighted by Crippen LogP contribution is 2.28. The zero-order valence-corrected chi connectivity index (χ0v) is 8.74. The van der Waals surface area contributed by atoms with Crippen molar-refractivity contribution in [1.82, 2.24) is 4.98 Å². The third kappa shape index (κ3) is 2.24. The van der Waals surface area contributed by atoms with Gasteiger partial charge in [-0.1, -0.05) is 0 Å². The number of hydrogen-bond donors (Lipinski definition) is 0. The number of carbonyl (C=O) groups excluding carboxylic acids is 1. The van der Waals surface area contributed by atoms with Gasteiger partial charge in [-0.3, -0.25) is 4.79 Å². The first-order valence-corrected chi connectivity index (χ1v) is 4.44. The van der Waals surface area contributed by atoms with Gasteiger partial charge in [0.25, 0.3) is 11.7 Å². The Hall–Kier alpha value is -0.620. The van der Waals surface area contributed by atoms with Crippen LogP contribution in [0.15, 0.2) is 10.7 Å². The van der Waals surface area contributed by atoms with E-state index in [-0.39, 0.29) is 4.60 Å². The lowest BCUT2D eigenvalue weighted by molar-refractivity contribution is 0.106. The van der Waals surface area contributed by atoms with E-state index in [2.05, 4.69) is 20.9 Å². The van der Waals surface area contributed by atoms with Crippen molar-refractivity contribution in [2.24, 2.45) is 0 Å². The van der Waals surface area contributed by atoms with Crippen molar-refractivity contribution < 1.29 is 18.0 Å². The molecule has 0 aliphatic heterocycles. The fourth-order valence-electron chi connectivity index (χ4n) is 0.864. The van der Waals surface area contributed by atoms with Crippen molar-refractivity contribution in [3.05, 3.63) is 27.7 Å². The van der Waals surface area contributed by atoms with Gasteiger partial charge in [0, 0.05) is 0 Å². The Labute approximate surface area is 90.2 Å². The Morgan fingerprint density at radius 2 is 2.14 bits per heavy atom. The molecule has 1 aromatic heterocycles. The van der Waals surface area contributed by atoms with Gasteiger partial charge in [-0.05, 0) is 33.6 Å². The van der Waals surface area contributed by atoms with Crippen LogP contribution in [0.3, 0.4) is 0 Å². The van der Waals surface area contributed by atoms with E-state index in [0.29, 0.717) is 0 Å². The molecule has 1 heterocycles. The monoisotopic (exact) mass is 287 g/mol. The van der Waals surface area contributed by atoms with E-state index < -0.39 is 28.7 Å². The Bertz CT molecular complexity index is 385. The van der Waals surface area contributed by atoms with E-state index in [0.717, 1.165) is 6.07 Å². The van der Waals surface area contributed by atoms with E-state index in [1.807, 2.05) is 0 Å². The average Bonchev–Trinajstić information content (AvgIpc) is 2.01. The predicted octanol–water partition coefficient (Wildman–Crippen LogP) is 3.30. The Balaban J connectivity index is 3.44. The topological polar surface area (TPSA) is 30.0 Å². The minimum atomic E-state index is -3.13. The lowest BCUT2D eigenvalue weighted by Crippen LogP contribution is -2.04. The molecule has 1 aromatic rings. The van der Waals surface area contributed by atoms with Crippen molar-refractivity contribution in [3.63, 3.8) is 0 Å². The molecule has 0 amide bonds. The average molecular weight is 288 g/mol. The zero-order chi connectivity index (χ0) is 10.9. The maximum atomic E-state index is 12.9. The fourth-order valence-corrected chi connectivity index (χ4v) is 1.41. The second-order valence-corrected chi connectivity index (χ2v) is 3.43. The number of pyridine rings is 1. The molecule has 0 bridgehead atoms. The molecule has 0 N–H and O–H groups in total. The SMILES string of the molecule is O=C(Cl)c1cc(Br)nc(F)c1C(F)F. The second-order valence-electron chi connectivity index (χ2n) is 2.27. The summed E-state index contributed by atoms with van der Waals surface area (Å²) in [4.78, 5) is 13.8. The summed E-state index contributed by atoms with van der Waals surface area (Å²) in [5, 5.41) is -1.15. The molecule has 0 atom stereocenters. The van der Waals surface area contributed by atoms with E-state index in [4.69, 9.17) is 11.6 Å². The summed E-state index contributed by atoms with van der Waals surface area (Å²) in [7, 11) is 0. The van der Waals surface area contributed by atoms with Crippen molar-refractivity contribution in [3.8, 4) is 0 Å². The maximum absolute atomic E-state index is 12.9. The molecule has 0 fully saturated rings. The van der Waals surface area contributed by atoms with Gasteiger partial charge >= 0.3 is 0 Å². The highest BCUT2D eigenvalue weighted by Gasteiger charge is 2.23. The minimum Gasteiger partial charge on any atom is -0.276 e. The van der Waals surface area contributed by atoms with E-state index in [9.17, 15) is 18.0 Å². The van der Waals surface area contributed by atoms with E-state index in [1.165, 1.54) is 0 Å². The highest BCUT2D eigenvalue weighted by molar-refractivity contribution is 9.10. The van der Waals surface area contributed by atoms with Crippen LogP contribution >= 0.6 is 27.5 Å². The summed E-state index contributed by atoms with van der Waals surface area (Å²) in [5.74, 6) is -1.40. The van der Waals surface area contributed by atoms with Gasteiger partial charge in [0.1, 0.15) is 4.60 Å². The first-order valence-electron chi connectivity index (χ1n) is 3.27. The first-order chi connectivity index (χ1) is 6.43. The molecule has 0 unspecified atom stereocenters. The minimum absolute atomic E-state index is 0.0663. The summed E-state index contributed by atoms with van der Waals surface area (Å²) in [5.41, 5.74) is -1.66. The molecule has 0 aliphatic rings. The summed E-state index contributed by atoms with van der Waals surface area (Å²) < 4.78 is 37.4. The molecule has 0 aromatic carbocycles. The molecule has 1 rings (SSSR count). The zero-order valence-electron chi connectivity index (χ0n) is 6.40. The standard InChI is InChI=1S/C7H2BrClF3NO/c8-3-1-2(5(9)14)4(6(10)11)7(12)13-3/h1,6H. The van der Waals surface area contributed by atoms with Crippen LogP contribution in [0.1, 0.15) is 22.3 Å². The van der Waals surface area contributed by atoms with E-state index in [1.54, 1.807) is 0 Å². The van der Waals surface area contributed by atoms with Gasteiger partial charge in [0.2, 0.25) is 5.95 Å². The van der Waals surface area contributed by atoms with Crippen molar-refractivity contribution >= 4 is 32.8 Å². The van der Waals surface area contributed by atoms with Crippen LogP contribution in [0.25, 0.3) is 0 Å². The molecule has 0 aliphatic carbocycles. The molecule has 76 valence electrons. The number of nitrogens with zero attached hydrogens (tertiary/aromatic N) is 1. The smallest absolute Gasteiger partial charge is 0.269 e. The predicted molar refractivity (Wildman–Crippen MR) is 47.0 cm³/mol. The van der Waals surface area contributed by atoms with Crippen LogP contribution in [-0.2, 0) is 0 Å². The molecular formula is C7H2BrClF3NO. The third-order valence-electron chi connectivity index (χ3n) is 1.41. The van der Waals surface area contributed by atoms with Crippen LogP contribution in [0.4, 0.5) is 13.2 Å². The molecule has 0 spiro atoms. The second kappa shape index (κ2) is 4.27. The number of aromatic nitrogens is 1. The summed E-state index contributed by atoms with van der Waals surface area (Å²) in [6.45, 7) is 0. The first kappa shape index (κ1) is 11.5. The van der Waals surface area contributed by atoms with Crippen molar-refractivity contribution in [2.75, 3.05) is 0 Å². The summed E-state index contributed by atoms with van der Waals surface area (Å²) in [6, 6.07) is 0.944. The Morgan fingerprint density at radius 3 is 2.57 bits per heavy atom. The largest absolute Gasteiger partial charge is 0.276 e. The molecule has 0 saturated heterocycles. The van der Waals surface area contributed by atoms with Crippen LogP contribution in [0.5, 0.6) is 0 Å². The van der Waals surface area contributed by atoms with Gasteiger partial charge < -0.3 is 0 Å². The van der Waals surface area contributed by atoms with Crippen LogP contribution in [0, 0.1) is 5.95 Å². The highest BCUT2D eigenvalue weighted by atomic mass is 79.9. The van der Waals surface area contributed by atoms with Gasteiger partial charge in [0.05, 0.1) is 11.1 Å². The molecule has 2 nitrogen and oxygen atoms in total. The van der Waals surface area contributed by atoms with Gasteiger partial charge in [-0.15, -0.1) is 0 Å². The Kier molecular flexibility index (Phi) is 3.49. The molecular weight excluding hydrogens is 286 g/mol. The molecule has 14 heavy (non-hydrogen) atoms. The van der Waals surface area contributed by atoms with Crippen LogP contribution in [-0.4, -0.2) is 10.2 Å². The Morgan fingerprint density at radius 1 is 1.57 bits per heavy atom. The third-order valence-corrected chi connectivity index (χ3v) is 2.02. The van der Waals surface area contributed by atoms with Crippen LogP contribution in [0.2, 0.25) is 0 Å². The molecule has 7 heteroatoms.